The summed E-state index contributed by atoms with van der Waals surface area (Å²) in [5.74, 6) is 0. The van der Waals surface area contributed by atoms with Gasteiger partial charge in [0.15, 0.2) is 5.13 Å². The van der Waals surface area contributed by atoms with Crippen molar-refractivity contribution in [2.45, 2.75) is 13.8 Å². The molecule has 1 aromatic heterocycles. The number of benzene rings is 1. The fourth-order valence-corrected chi connectivity index (χ4v) is 2.90. The summed E-state index contributed by atoms with van der Waals surface area (Å²) in [4.78, 5) is 6.92. The van der Waals surface area contributed by atoms with Crippen molar-refractivity contribution in [1.82, 2.24) is 4.98 Å². The zero-order valence-electron chi connectivity index (χ0n) is 10.6. The zero-order chi connectivity index (χ0) is 12.3. The van der Waals surface area contributed by atoms with E-state index < -0.39 is 0 Å². The molecule has 3 nitrogen and oxygen atoms in total. The molecule has 0 amide bonds. The molecule has 0 unspecified atom stereocenters. The van der Waals surface area contributed by atoms with E-state index in [0.717, 1.165) is 30.3 Å². The summed E-state index contributed by atoms with van der Waals surface area (Å²) >= 11 is 1.75. The van der Waals surface area contributed by atoms with Gasteiger partial charge in [-0.1, -0.05) is 17.4 Å². The predicted molar refractivity (Wildman–Crippen MR) is 74.1 cm³/mol. The van der Waals surface area contributed by atoms with Gasteiger partial charge < -0.3 is 9.64 Å². The average molecular weight is 250 g/mol. The molecule has 0 N–H and O–H groups in total. The maximum atomic E-state index is 5.12. The molecule has 4 heteroatoms. The first-order valence-corrected chi connectivity index (χ1v) is 6.67. The van der Waals surface area contributed by atoms with E-state index in [-0.39, 0.29) is 0 Å². The van der Waals surface area contributed by atoms with Crippen molar-refractivity contribution < 1.29 is 4.74 Å². The Balaban J connectivity index is 2.27. The third-order valence-electron chi connectivity index (χ3n) is 2.75. The van der Waals surface area contributed by atoms with Gasteiger partial charge in [0.25, 0.3) is 0 Å². The van der Waals surface area contributed by atoms with E-state index in [1.54, 1.807) is 18.4 Å². The van der Waals surface area contributed by atoms with Crippen LogP contribution in [0.5, 0.6) is 0 Å². The number of anilines is 1. The normalized spacial score (nSPS) is 11.0. The van der Waals surface area contributed by atoms with Crippen LogP contribution >= 0.6 is 11.3 Å². The van der Waals surface area contributed by atoms with Crippen LogP contribution < -0.4 is 4.90 Å². The van der Waals surface area contributed by atoms with Crippen molar-refractivity contribution in [3.05, 3.63) is 23.8 Å². The molecule has 0 aliphatic heterocycles. The number of aryl methyl sites for hydroxylation is 1. The molecule has 0 radical (unpaired) electrons. The molecule has 0 saturated carbocycles. The molecule has 0 atom stereocenters. The smallest absolute Gasteiger partial charge is 0.186 e. The van der Waals surface area contributed by atoms with Gasteiger partial charge in [-0.2, -0.15) is 0 Å². The number of methoxy groups -OCH3 is 1. The fourth-order valence-electron chi connectivity index (χ4n) is 1.75. The third-order valence-corrected chi connectivity index (χ3v) is 3.83. The van der Waals surface area contributed by atoms with E-state index in [2.05, 4.69) is 41.9 Å². The Kier molecular flexibility index (Phi) is 3.97. The number of likely N-dealkylation sites (N-methyl/N-ethyl adjacent to an activating group) is 1. The number of hydrogen-bond donors (Lipinski definition) is 0. The third kappa shape index (κ3) is 2.76. The van der Waals surface area contributed by atoms with E-state index in [9.17, 15) is 0 Å². The standard InChI is InChI=1S/C13H18N2OS/c1-4-15(7-8-16-3)13-14-11-6-5-10(2)9-12(11)17-13/h5-6,9H,4,7-8H2,1-3H3. The van der Waals surface area contributed by atoms with Gasteiger partial charge >= 0.3 is 0 Å². The van der Waals surface area contributed by atoms with Crippen LogP contribution in [-0.4, -0.2) is 31.8 Å². The van der Waals surface area contributed by atoms with Crippen molar-refractivity contribution in [2.24, 2.45) is 0 Å². The van der Waals surface area contributed by atoms with Crippen LogP contribution in [0, 0.1) is 6.92 Å². The first-order valence-electron chi connectivity index (χ1n) is 5.85. The van der Waals surface area contributed by atoms with Crippen LogP contribution in [0.3, 0.4) is 0 Å². The van der Waals surface area contributed by atoms with Crippen molar-refractivity contribution in [2.75, 3.05) is 31.7 Å². The highest BCUT2D eigenvalue weighted by Gasteiger charge is 2.10. The SMILES string of the molecule is CCN(CCOC)c1nc2ccc(C)cc2s1. The maximum Gasteiger partial charge on any atom is 0.186 e. The zero-order valence-corrected chi connectivity index (χ0v) is 11.4. The molecule has 0 saturated heterocycles. The van der Waals surface area contributed by atoms with Crippen LogP contribution in [0.4, 0.5) is 5.13 Å². The lowest BCUT2D eigenvalue weighted by Gasteiger charge is -2.18. The molecule has 0 bridgehead atoms. The lowest BCUT2D eigenvalue weighted by atomic mass is 10.2. The summed E-state index contributed by atoms with van der Waals surface area (Å²) in [6.07, 6.45) is 0. The highest BCUT2D eigenvalue weighted by molar-refractivity contribution is 7.22. The number of thiazole rings is 1. The molecule has 2 rings (SSSR count). The average Bonchev–Trinajstić information content (AvgIpc) is 2.72. The topological polar surface area (TPSA) is 25.4 Å². The second-order valence-electron chi connectivity index (χ2n) is 4.04. The van der Waals surface area contributed by atoms with E-state index in [4.69, 9.17) is 4.74 Å². The lowest BCUT2D eigenvalue weighted by Crippen LogP contribution is -2.26. The molecule has 2 aromatic rings. The van der Waals surface area contributed by atoms with Crippen molar-refractivity contribution in [3.63, 3.8) is 0 Å². The Labute approximate surface area is 106 Å². The first kappa shape index (κ1) is 12.3. The first-order chi connectivity index (χ1) is 8.24. The van der Waals surface area contributed by atoms with Gasteiger partial charge in [-0.3, -0.25) is 0 Å². The molecule has 0 fully saturated rings. The van der Waals surface area contributed by atoms with Crippen LogP contribution in [-0.2, 0) is 4.74 Å². The lowest BCUT2D eigenvalue weighted by molar-refractivity contribution is 0.205. The number of hydrogen-bond acceptors (Lipinski definition) is 4. The van der Waals surface area contributed by atoms with E-state index in [0.29, 0.717) is 0 Å². The summed E-state index contributed by atoms with van der Waals surface area (Å²) in [6.45, 7) is 6.85. The molecule has 0 aliphatic carbocycles. The Morgan fingerprint density at radius 2 is 2.24 bits per heavy atom. The second kappa shape index (κ2) is 5.47. The summed E-state index contributed by atoms with van der Waals surface area (Å²) in [5, 5.41) is 1.09. The van der Waals surface area contributed by atoms with Crippen LogP contribution in [0.15, 0.2) is 18.2 Å². The minimum atomic E-state index is 0.739. The van der Waals surface area contributed by atoms with Crippen molar-refractivity contribution in [3.8, 4) is 0 Å². The number of ether oxygens (including phenoxy) is 1. The van der Waals surface area contributed by atoms with Gasteiger partial charge in [-0.25, -0.2) is 4.98 Å². The summed E-state index contributed by atoms with van der Waals surface area (Å²) in [5.41, 5.74) is 2.37. The van der Waals surface area contributed by atoms with Gasteiger partial charge in [-0.05, 0) is 31.5 Å². The molecule has 0 spiro atoms. The number of nitrogens with zero attached hydrogens (tertiary/aromatic N) is 2. The molecule has 1 aromatic carbocycles. The highest BCUT2D eigenvalue weighted by Crippen LogP contribution is 2.29. The minimum absolute atomic E-state index is 0.739. The molecular weight excluding hydrogens is 232 g/mol. The monoisotopic (exact) mass is 250 g/mol. The van der Waals surface area contributed by atoms with E-state index in [1.165, 1.54) is 10.3 Å². The molecule has 1 heterocycles. The van der Waals surface area contributed by atoms with Crippen molar-refractivity contribution >= 4 is 26.7 Å². The van der Waals surface area contributed by atoms with Gasteiger partial charge in [0.05, 0.1) is 16.8 Å². The number of fused-ring (bicyclic) bond motifs is 1. The van der Waals surface area contributed by atoms with Crippen LogP contribution in [0.25, 0.3) is 10.2 Å². The largest absolute Gasteiger partial charge is 0.383 e. The van der Waals surface area contributed by atoms with Gasteiger partial charge in [-0.15, -0.1) is 0 Å². The minimum Gasteiger partial charge on any atom is -0.383 e. The molecule has 17 heavy (non-hydrogen) atoms. The second-order valence-corrected chi connectivity index (χ2v) is 5.05. The van der Waals surface area contributed by atoms with Crippen LogP contribution in [0.2, 0.25) is 0 Å². The Bertz CT molecular complexity index is 495. The number of rotatable bonds is 5. The molecular formula is C13H18N2OS. The molecule has 0 aliphatic rings. The van der Waals surface area contributed by atoms with Gasteiger partial charge in [0.2, 0.25) is 0 Å². The Morgan fingerprint density at radius 1 is 1.41 bits per heavy atom. The summed E-state index contributed by atoms with van der Waals surface area (Å²) < 4.78 is 6.38. The summed E-state index contributed by atoms with van der Waals surface area (Å²) in [7, 11) is 1.73. The quantitative estimate of drug-likeness (QED) is 0.815. The Hall–Kier alpha value is -1.13. The molecule has 92 valence electrons. The fraction of sp³-hybridized carbons (Fsp3) is 0.462. The van der Waals surface area contributed by atoms with E-state index >= 15 is 0 Å². The van der Waals surface area contributed by atoms with E-state index in [1.807, 2.05) is 0 Å². The summed E-state index contributed by atoms with van der Waals surface area (Å²) in [6, 6.07) is 6.40. The predicted octanol–water partition coefficient (Wildman–Crippen LogP) is 3.08. The van der Waals surface area contributed by atoms with Gasteiger partial charge in [0, 0.05) is 20.2 Å². The van der Waals surface area contributed by atoms with Gasteiger partial charge in [0.1, 0.15) is 0 Å². The maximum absolute atomic E-state index is 5.12. The highest BCUT2D eigenvalue weighted by atomic mass is 32.1. The number of aromatic nitrogens is 1. The van der Waals surface area contributed by atoms with Crippen LogP contribution in [0.1, 0.15) is 12.5 Å². The van der Waals surface area contributed by atoms with Crippen molar-refractivity contribution in [1.29, 1.82) is 0 Å². The Morgan fingerprint density at radius 3 is 2.94 bits per heavy atom.